The van der Waals surface area contributed by atoms with Crippen LogP contribution in [0.3, 0.4) is 0 Å². The molecule has 134 valence electrons. The molecule has 4 rings (SSSR count). The first-order chi connectivity index (χ1) is 12.7. The number of nitrogens with zero attached hydrogens (tertiary/aromatic N) is 3. The van der Waals surface area contributed by atoms with E-state index in [1.807, 2.05) is 30.3 Å². The molecule has 6 heteroatoms. The fourth-order valence-electron chi connectivity index (χ4n) is 3.45. The number of nitrogens with one attached hydrogen (secondary N) is 1. The molecule has 1 N–H and O–H groups in total. The fourth-order valence-corrected chi connectivity index (χ4v) is 3.81. The number of hydrogen-bond donors (Lipinski definition) is 1. The summed E-state index contributed by atoms with van der Waals surface area (Å²) in [5.74, 6) is 1.90. The second-order valence-electron chi connectivity index (χ2n) is 6.50. The highest BCUT2D eigenvalue weighted by molar-refractivity contribution is 9.10. The van der Waals surface area contributed by atoms with Crippen molar-refractivity contribution in [2.75, 3.05) is 30.4 Å². The monoisotopic (exact) mass is 412 g/mol. The number of benzene rings is 2. The van der Waals surface area contributed by atoms with Gasteiger partial charge in [0, 0.05) is 40.7 Å². The van der Waals surface area contributed by atoms with Crippen LogP contribution < -0.4 is 15.0 Å². The van der Waals surface area contributed by atoms with E-state index in [9.17, 15) is 0 Å². The van der Waals surface area contributed by atoms with Gasteiger partial charge in [-0.2, -0.15) is 0 Å². The standard InChI is InChI=1S/C20H21BrN4O/c1-26-17-4-2-3-16(12-17)24-15-7-9-25(10-8-15)20-18-11-14(21)5-6-19(18)22-13-23-20/h2-6,11-13,15,24H,7-10H2,1H3. The van der Waals surface area contributed by atoms with Crippen molar-refractivity contribution in [1.29, 1.82) is 0 Å². The van der Waals surface area contributed by atoms with Gasteiger partial charge in [0.05, 0.1) is 12.6 Å². The molecule has 3 aromatic rings. The van der Waals surface area contributed by atoms with Crippen LogP contribution in [0.4, 0.5) is 11.5 Å². The predicted molar refractivity (Wildman–Crippen MR) is 109 cm³/mol. The number of halogens is 1. The number of aromatic nitrogens is 2. The van der Waals surface area contributed by atoms with Gasteiger partial charge in [-0.3, -0.25) is 0 Å². The summed E-state index contributed by atoms with van der Waals surface area (Å²) >= 11 is 3.55. The molecule has 0 amide bonds. The summed E-state index contributed by atoms with van der Waals surface area (Å²) in [6.45, 7) is 1.94. The first kappa shape index (κ1) is 17.1. The van der Waals surface area contributed by atoms with E-state index in [0.717, 1.165) is 58.6 Å². The molecular formula is C20H21BrN4O. The number of hydrogen-bond acceptors (Lipinski definition) is 5. The van der Waals surface area contributed by atoms with Crippen molar-refractivity contribution in [2.45, 2.75) is 18.9 Å². The van der Waals surface area contributed by atoms with Gasteiger partial charge in [-0.15, -0.1) is 0 Å². The van der Waals surface area contributed by atoms with Gasteiger partial charge < -0.3 is 15.0 Å². The molecule has 2 heterocycles. The zero-order chi connectivity index (χ0) is 17.9. The third-order valence-corrected chi connectivity index (χ3v) is 5.30. The molecule has 0 unspecified atom stereocenters. The minimum Gasteiger partial charge on any atom is -0.497 e. The summed E-state index contributed by atoms with van der Waals surface area (Å²) in [5, 5.41) is 4.73. The maximum absolute atomic E-state index is 5.30. The molecule has 1 aliphatic heterocycles. The molecule has 26 heavy (non-hydrogen) atoms. The smallest absolute Gasteiger partial charge is 0.139 e. The van der Waals surface area contributed by atoms with Crippen molar-refractivity contribution in [1.82, 2.24) is 9.97 Å². The molecule has 1 saturated heterocycles. The lowest BCUT2D eigenvalue weighted by Crippen LogP contribution is -2.39. The van der Waals surface area contributed by atoms with Crippen molar-refractivity contribution in [3.8, 4) is 5.75 Å². The number of methoxy groups -OCH3 is 1. The Morgan fingerprint density at radius 3 is 2.77 bits per heavy atom. The Morgan fingerprint density at radius 2 is 1.96 bits per heavy atom. The van der Waals surface area contributed by atoms with Crippen LogP contribution in [0.5, 0.6) is 5.75 Å². The number of piperidine rings is 1. The van der Waals surface area contributed by atoms with Gasteiger partial charge in [0.1, 0.15) is 17.9 Å². The maximum Gasteiger partial charge on any atom is 0.139 e. The number of fused-ring (bicyclic) bond motifs is 1. The Morgan fingerprint density at radius 1 is 1.12 bits per heavy atom. The largest absolute Gasteiger partial charge is 0.497 e. The average Bonchev–Trinajstić information content (AvgIpc) is 2.68. The zero-order valence-corrected chi connectivity index (χ0v) is 16.2. The van der Waals surface area contributed by atoms with Gasteiger partial charge in [0.2, 0.25) is 0 Å². The fraction of sp³-hybridized carbons (Fsp3) is 0.300. The lowest BCUT2D eigenvalue weighted by atomic mass is 10.0. The number of ether oxygens (including phenoxy) is 1. The quantitative estimate of drug-likeness (QED) is 0.684. The first-order valence-electron chi connectivity index (χ1n) is 8.79. The topological polar surface area (TPSA) is 50.3 Å². The average molecular weight is 413 g/mol. The van der Waals surface area contributed by atoms with Crippen LogP contribution in [0, 0.1) is 0 Å². The van der Waals surface area contributed by atoms with Gasteiger partial charge in [-0.1, -0.05) is 22.0 Å². The molecule has 2 aromatic carbocycles. The van der Waals surface area contributed by atoms with Gasteiger partial charge >= 0.3 is 0 Å². The SMILES string of the molecule is COc1cccc(NC2CCN(c3ncnc4ccc(Br)cc34)CC2)c1. The van der Waals surface area contributed by atoms with Gasteiger partial charge in [-0.05, 0) is 43.2 Å². The van der Waals surface area contributed by atoms with Crippen molar-refractivity contribution in [2.24, 2.45) is 0 Å². The second-order valence-corrected chi connectivity index (χ2v) is 7.41. The third-order valence-electron chi connectivity index (χ3n) is 4.81. The van der Waals surface area contributed by atoms with E-state index in [1.165, 1.54) is 0 Å². The maximum atomic E-state index is 5.30. The van der Waals surface area contributed by atoms with Crippen LogP contribution in [-0.4, -0.2) is 36.2 Å². The van der Waals surface area contributed by atoms with E-state index in [0.29, 0.717) is 6.04 Å². The van der Waals surface area contributed by atoms with Crippen LogP contribution in [0.15, 0.2) is 53.3 Å². The van der Waals surface area contributed by atoms with E-state index in [2.05, 4.69) is 48.2 Å². The van der Waals surface area contributed by atoms with Crippen LogP contribution in [0.25, 0.3) is 10.9 Å². The van der Waals surface area contributed by atoms with Crippen LogP contribution in [0.1, 0.15) is 12.8 Å². The predicted octanol–water partition coefficient (Wildman–Crippen LogP) is 4.48. The van der Waals surface area contributed by atoms with Crippen LogP contribution >= 0.6 is 15.9 Å². The molecule has 0 saturated carbocycles. The zero-order valence-electron chi connectivity index (χ0n) is 14.7. The highest BCUT2D eigenvalue weighted by atomic mass is 79.9. The molecule has 0 spiro atoms. The molecule has 0 aliphatic carbocycles. The minimum atomic E-state index is 0.457. The number of anilines is 2. The van der Waals surface area contributed by atoms with E-state index in [-0.39, 0.29) is 0 Å². The Bertz CT molecular complexity index is 909. The van der Waals surface area contributed by atoms with Crippen LogP contribution in [0.2, 0.25) is 0 Å². The van der Waals surface area contributed by atoms with Crippen molar-refractivity contribution < 1.29 is 4.74 Å². The molecule has 5 nitrogen and oxygen atoms in total. The van der Waals surface area contributed by atoms with Crippen molar-refractivity contribution in [3.63, 3.8) is 0 Å². The van der Waals surface area contributed by atoms with E-state index < -0.39 is 0 Å². The van der Waals surface area contributed by atoms with E-state index in [4.69, 9.17) is 4.74 Å². The lowest BCUT2D eigenvalue weighted by Gasteiger charge is -2.34. The third kappa shape index (κ3) is 3.60. The molecule has 0 radical (unpaired) electrons. The summed E-state index contributed by atoms with van der Waals surface area (Å²) in [7, 11) is 1.70. The van der Waals surface area contributed by atoms with Gasteiger partial charge in [0.25, 0.3) is 0 Å². The Kier molecular flexibility index (Phi) is 4.93. The molecule has 0 bridgehead atoms. The minimum absolute atomic E-state index is 0.457. The second kappa shape index (κ2) is 7.50. The van der Waals surface area contributed by atoms with E-state index >= 15 is 0 Å². The highest BCUT2D eigenvalue weighted by Crippen LogP contribution is 2.29. The van der Waals surface area contributed by atoms with E-state index in [1.54, 1.807) is 13.4 Å². The Labute approximate surface area is 161 Å². The van der Waals surface area contributed by atoms with Crippen molar-refractivity contribution in [3.05, 3.63) is 53.3 Å². The molecular weight excluding hydrogens is 392 g/mol. The van der Waals surface area contributed by atoms with Crippen LogP contribution in [-0.2, 0) is 0 Å². The molecule has 0 atom stereocenters. The first-order valence-corrected chi connectivity index (χ1v) is 9.58. The summed E-state index contributed by atoms with van der Waals surface area (Å²) < 4.78 is 6.35. The molecule has 1 aromatic heterocycles. The Hall–Kier alpha value is -2.34. The summed E-state index contributed by atoms with van der Waals surface area (Å²) in [5.41, 5.74) is 2.09. The van der Waals surface area contributed by atoms with Gasteiger partial charge in [0.15, 0.2) is 0 Å². The lowest BCUT2D eigenvalue weighted by molar-refractivity contribution is 0.415. The summed E-state index contributed by atoms with van der Waals surface area (Å²) in [6.07, 6.45) is 3.79. The van der Waals surface area contributed by atoms with Crippen molar-refractivity contribution >= 4 is 38.3 Å². The highest BCUT2D eigenvalue weighted by Gasteiger charge is 2.21. The molecule has 1 fully saturated rings. The van der Waals surface area contributed by atoms with Gasteiger partial charge in [-0.25, -0.2) is 9.97 Å². The number of rotatable bonds is 4. The molecule has 1 aliphatic rings. The summed E-state index contributed by atoms with van der Waals surface area (Å²) in [6, 6.07) is 14.7. The Balaban J connectivity index is 1.46. The normalized spacial score (nSPS) is 15.2. The summed E-state index contributed by atoms with van der Waals surface area (Å²) in [4.78, 5) is 11.3.